The molecule has 0 radical (unpaired) electrons. The summed E-state index contributed by atoms with van der Waals surface area (Å²) in [7, 11) is 0. The molecule has 0 aromatic carbocycles. The highest BCUT2D eigenvalue weighted by atomic mass is 19.3. The van der Waals surface area contributed by atoms with Crippen molar-refractivity contribution in [2.45, 2.75) is 31.8 Å². The largest absolute Gasteiger partial charge is 0.447 e. The van der Waals surface area contributed by atoms with Gasteiger partial charge in [-0.3, -0.25) is 4.79 Å². The van der Waals surface area contributed by atoms with Crippen LogP contribution in [0.4, 0.5) is 8.78 Å². The van der Waals surface area contributed by atoms with Crippen LogP contribution < -0.4 is 0 Å². The molecule has 13 heavy (non-hydrogen) atoms. The van der Waals surface area contributed by atoms with Gasteiger partial charge >= 0.3 is 5.97 Å². The maximum atomic E-state index is 12.6. The molecule has 72 valence electrons. The predicted molar refractivity (Wildman–Crippen MR) is 38.8 cm³/mol. The minimum Gasteiger partial charge on any atom is -0.447 e. The summed E-state index contributed by atoms with van der Waals surface area (Å²) in [6, 6.07) is 1.64. The highest BCUT2D eigenvalue weighted by Gasteiger charge is 2.53. The van der Waals surface area contributed by atoms with Crippen LogP contribution in [0, 0.1) is 17.2 Å². The number of hydrogen-bond donors (Lipinski definition) is 0. The Morgan fingerprint density at radius 1 is 1.77 bits per heavy atom. The number of rotatable bonds is 2. The maximum absolute atomic E-state index is 12.6. The van der Waals surface area contributed by atoms with Crippen molar-refractivity contribution in [3.8, 4) is 6.07 Å². The van der Waals surface area contributed by atoms with E-state index in [-0.39, 0.29) is 12.8 Å². The van der Waals surface area contributed by atoms with Gasteiger partial charge in [-0.1, -0.05) is 0 Å². The molecule has 5 heteroatoms. The number of esters is 1. The second-order valence-electron chi connectivity index (χ2n) is 3.06. The molecule has 1 aliphatic carbocycles. The lowest BCUT2D eigenvalue weighted by molar-refractivity contribution is -0.185. The van der Waals surface area contributed by atoms with Crippen LogP contribution in [0.2, 0.25) is 0 Å². The minimum absolute atomic E-state index is 0.143. The summed E-state index contributed by atoms with van der Waals surface area (Å²) in [6.07, 6.45) is -1.08. The highest BCUT2D eigenvalue weighted by Crippen LogP contribution is 2.44. The first-order chi connectivity index (χ1) is 5.97. The number of carbonyl (C=O) groups excluding carboxylic acids is 1. The van der Waals surface area contributed by atoms with Gasteiger partial charge in [-0.15, -0.1) is 0 Å². The van der Waals surface area contributed by atoms with E-state index in [1.807, 2.05) is 0 Å². The molecule has 2 unspecified atom stereocenters. The van der Waals surface area contributed by atoms with E-state index in [9.17, 15) is 13.6 Å². The van der Waals surface area contributed by atoms with Crippen molar-refractivity contribution in [3.05, 3.63) is 0 Å². The number of hydrogen-bond acceptors (Lipinski definition) is 3. The van der Waals surface area contributed by atoms with Gasteiger partial charge in [0.05, 0.1) is 0 Å². The molecule has 3 nitrogen and oxygen atoms in total. The van der Waals surface area contributed by atoms with Gasteiger partial charge < -0.3 is 4.74 Å². The van der Waals surface area contributed by atoms with Crippen molar-refractivity contribution >= 4 is 5.97 Å². The summed E-state index contributed by atoms with van der Waals surface area (Å²) in [5, 5.41) is 8.27. The van der Waals surface area contributed by atoms with Crippen molar-refractivity contribution in [1.82, 2.24) is 0 Å². The zero-order valence-corrected chi connectivity index (χ0v) is 7.09. The summed E-state index contributed by atoms with van der Waals surface area (Å²) in [6.45, 7) is 1.34. The number of nitriles is 1. The summed E-state index contributed by atoms with van der Waals surface area (Å²) < 4.78 is 29.7. The lowest BCUT2D eigenvalue weighted by atomic mass is 9.81. The Hall–Kier alpha value is -1.18. The molecule has 0 bridgehead atoms. The van der Waals surface area contributed by atoms with Gasteiger partial charge in [0.1, 0.15) is 12.0 Å². The van der Waals surface area contributed by atoms with Crippen LogP contribution >= 0.6 is 0 Å². The molecular formula is C8H9F2NO2. The maximum Gasteiger partial charge on any atom is 0.316 e. The monoisotopic (exact) mass is 189 g/mol. The van der Waals surface area contributed by atoms with Crippen molar-refractivity contribution in [3.63, 3.8) is 0 Å². The predicted octanol–water partition coefficient (Wildman–Crippen LogP) is 1.49. The summed E-state index contributed by atoms with van der Waals surface area (Å²) in [5.41, 5.74) is 0. The first-order valence-corrected chi connectivity index (χ1v) is 3.95. The lowest BCUT2D eigenvalue weighted by Gasteiger charge is -2.34. The molecule has 0 aromatic heterocycles. The molecule has 0 N–H and O–H groups in total. The van der Waals surface area contributed by atoms with Crippen molar-refractivity contribution < 1.29 is 18.3 Å². The fourth-order valence-electron chi connectivity index (χ4n) is 1.08. The molecule has 1 saturated carbocycles. The molecule has 1 aliphatic rings. The van der Waals surface area contributed by atoms with E-state index in [4.69, 9.17) is 5.26 Å². The van der Waals surface area contributed by atoms with Gasteiger partial charge in [0.25, 0.3) is 5.92 Å². The van der Waals surface area contributed by atoms with Crippen LogP contribution in [0.15, 0.2) is 0 Å². The third-order valence-corrected chi connectivity index (χ3v) is 2.04. The zero-order valence-electron chi connectivity index (χ0n) is 7.09. The molecule has 0 aromatic rings. The van der Waals surface area contributed by atoms with Crippen molar-refractivity contribution in [2.24, 2.45) is 5.92 Å². The van der Waals surface area contributed by atoms with Crippen LogP contribution in [0.25, 0.3) is 0 Å². The lowest BCUT2D eigenvalue weighted by Crippen LogP contribution is -2.45. The standard InChI is InChI=1S/C8H9F2NO2/c1-5(4-11)13-7(12)6-2-3-8(6,9)10/h5-6H,2-3H2,1H3. The fraction of sp³-hybridized carbons (Fsp3) is 0.750. The summed E-state index contributed by atoms with van der Waals surface area (Å²) in [5.74, 6) is -5.25. The first kappa shape index (κ1) is 9.90. The Morgan fingerprint density at radius 2 is 2.38 bits per heavy atom. The first-order valence-electron chi connectivity index (χ1n) is 3.95. The van der Waals surface area contributed by atoms with Gasteiger partial charge in [0.2, 0.25) is 0 Å². The van der Waals surface area contributed by atoms with Crippen LogP contribution in [-0.2, 0) is 9.53 Å². The van der Waals surface area contributed by atoms with Gasteiger partial charge in [-0.2, -0.15) is 5.26 Å². The van der Waals surface area contributed by atoms with E-state index >= 15 is 0 Å². The Labute approximate surface area is 74.3 Å². The highest BCUT2D eigenvalue weighted by molar-refractivity contribution is 5.75. The molecule has 0 spiro atoms. The van der Waals surface area contributed by atoms with Crippen molar-refractivity contribution in [2.75, 3.05) is 0 Å². The van der Waals surface area contributed by atoms with Crippen LogP contribution in [-0.4, -0.2) is 18.0 Å². The topological polar surface area (TPSA) is 50.1 Å². The van der Waals surface area contributed by atoms with E-state index in [0.717, 1.165) is 0 Å². The average Bonchev–Trinajstić information content (AvgIpc) is 2.02. The fourth-order valence-corrected chi connectivity index (χ4v) is 1.08. The third kappa shape index (κ3) is 1.94. The third-order valence-electron chi connectivity index (χ3n) is 2.04. The van der Waals surface area contributed by atoms with E-state index in [0.29, 0.717) is 0 Å². The number of carbonyl (C=O) groups is 1. The number of alkyl halides is 2. The molecule has 2 atom stereocenters. The quantitative estimate of drug-likeness (QED) is 0.618. The van der Waals surface area contributed by atoms with Crippen molar-refractivity contribution in [1.29, 1.82) is 5.26 Å². The van der Waals surface area contributed by atoms with E-state index in [2.05, 4.69) is 4.74 Å². The van der Waals surface area contributed by atoms with E-state index in [1.165, 1.54) is 6.92 Å². The molecule has 0 heterocycles. The second kappa shape index (κ2) is 3.29. The van der Waals surface area contributed by atoms with Crippen LogP contribution in [0.1, 0.15) is 19.8 Å². The molecule has 0 aliphatic heterocycles. The van der Waals surface area contributed by atoms with Gasteiger partial charge in [0.15, 0.2) is 6.10 Å². The molecule has 0 saturated heterocycles. The normalized spacial score (nSPS) is 26.8. The molecule has 0 amide bonds. The number of halogens is 2. The summed E-state index contributed by atoms with van der Waals surface area (Å²) in [4.78, 5) is 11.0. The second-order valence-corrected chi connectivity index (χ2v) is 3.06. The van der Waals surface area contributed by atoms with Crippen LogP contribution in [0.5, 0.6) is 0 Å². The Morgan fingerprint density at radius 3 is 2.69 bits per heavy atom. The Kier molecular flexibility index (Phi) is 2.50. The van der Waals surface area contributed by atoms with Gasteiger partial charge in [-0.25, -0.2) is 8.78 Å². The minimum atomic E-state index is -2.94. The Bertz CT molecular complexity index is 259. The van der Waals surface area contributed by atoms with Gasteiger partial charge in [0, 0.05) is 6.42 Å². The van der Waals surface area contributed by atoms with E-state index < -0.39 is 23.9 Å². The van der Waals surface area contributed by atoms with Gasteiger partial charge in [-0.05, 0) is 13.3 Å². The number of ether oxygens (including phenoxy) is 1. The number of nitrogens with zero attached hydrogens (tertiary/aromatic N) is 1. The van der Waals surface area contributed by atoms with E-state index in [1.54, 1.807) is 6.07 Å². The summed E-state index contributed by atoms with van der Waals surface area (Å²) >= 11 is 0. The van der Waals surface area contributed by atoms with Crippen LogP contribution in [0.3, 0.4) is 0 Å². The zero-order chi connectivity index (χ0) is 10.1. The Balaban J connectivity index is 2.46. The smallest absolute Gasteiger partial charge is 0.316 e. The average molecular weight is 189 g/mol. The molecular weight excluding hydrogens is 180 g/mol. The SMILES string of the molecule is CC(C#N)OC(=O)C1CCC1(F)F. The molecule has 1 rings (SSSR count). The molecule has 1 fully saturated rings.